The van der Waals surface area contributed by atoms with Crippen LogP contribution in [0.2, 0.25) is 0 Å². The molecule has 0 saturated carbocycles. The Morgan fingerprint density at radius 1 is 1.22 bits per heavy atom. The Morgan fingerprint density at radius 3 is 2.48 bits per heavy atom. The summed E-state index contributed by atoms with van der Waals surface area (Å²) in [6.07, 6.45) is 7.25. The first kappa shape index (κ1) is 24.9. The van der Waals surface area contributed by atoms with E-state index in [1.54, 1.807) is 14.0 Å². The number of rotatable bonds is 12. The van der Waals surface area contributed by atoms with Gasteiger partial charge in [-0.05, 0) is 32.6 Å². The van der Waals surface area contributed by atoms with Crippen LogP contribution in [0.1, 0.15) is 39.0 Å². The Bertz CT molecular complexity index is 427. The molecule has 23 heavy (non-hydrogen) atoms. The van der Waals surface area contributed by atoms with Gasteiger partial charge in [0, 0.05) is 33.7 Å². The molecule has 0 radical (unpaired) electrons. The van der Waals surface area contributed by atoms with E-state index in [4.69, 9.17) is 0 Å². The van der Waals surface area contributed by atoms with Crippen LogP contribution in [0.15, 0.2) is 17.6 Å². The van der Waals surface area contributed by atoms with E-state index in [0.717, 1.165) is 31.8 Å². The van der Waals surface area contributed by atoms with Crippen molar-refractivity contribution in [3.05, 3.63) is 12.7 Å². The molecule has 0 unspecified atom stereocenters. The molecule has 0 bridgehead atoms. The number of allylic oxidation sites excluding steroid dienone is 1. The molecule has 0 rings (SSSR count). The van der Waals surface area contributed by atoms with Gasteiger partial charge >= 0.3 is 0 Å². The fourth-order valence-electron chi connectivity index (χ4n) is 1.92. The van der Waals surface area contributed by atoms with Crippen molar-refractivity contribution < 1.29 is 8.42 Å². The number of nitrogens with zero attached hydrogens (tertiary/aromatic N) is 2. The summed E-state index contributed by atoms with van der Waals surface area (Å²) in [4.78, 5) is 6.34. The highest BCUT2D eigenvalue weighted by Gasteiger charge is 2.06. The molecule has 0 aliphatic heterocycles. The van der Waals surface area contributed by atoms with E-state index in [1.807, 2.05) is 13.1 Å². The highest BCUT2D eigenvalue weighted by molar-refractivity contribution is 14.0. The summed E-state index contributed by atoms with van der Waals surface area (Å²) in [6, 6.07) is 0. The molecule has 8 heteroatoms. The second-order valence-corrected chi connectivity index (χ2v) is 7.28. The second-order valence-electron chi connectivity index (χ2n) is 5.18. The third-order valence-corrected chi connectivity index (χ3v) is 4.72. The fraction of sp³-hybridized carbons (Fsp3) is 0.800. The molecule has 0 atom stereocenters. The lowest BCUT2D eigenvalue weighted by Gasteiger charge is -2.22. The van der Waals surface area contributed by atoms with Gasteiger partial charge in [-0.2, -0.15) is 0 Å². The van der Waals surface area contributed by atoms with Gasteiger partial charge in [-0.3, -0.25) is 4.99 Å². The summed E-state index contributed by atoms with van der Waals surface area (Å²) in [5, 5.41) is 3.25. The van der Waals surface area contributed by atoms with E-state index in [0.29, 0.717) is 13.1 Å². The van der Waals surface area contributed by atoms with Gasteiger partial charge in [0.2, 0.25) is 10.0 Å². The SMILES string of the molecule is C=CCCCCCN(C)C(=NC)NCCCNS(=O)(=O)CC.I. The van der Waals surface area contributed by atoms with Crippen LogP contribution < -0.4 is 10.0 Å². The van der Waals surface area contributed by atoms with E-state index in [9.17, 15) is 8.42 Å². The van der Waals surface area contributed by atoms with Crippen molar-refractivity contribution in [1.29, 1.82) is 0 Å². The van der Waals surface area contributed by atoms with Crippen LogP contribution in [-0.4, -0.2) is 58.8 Å². The van der Waals surface area contributed by atoms with Crippen molar-refractivity contribution in [3.63, 3.8) is 0 Å². The third-order valence-electron chi connectivity index (χ3n) is 3.31. The largest absolute Gasteiger partial charge is 0.356 e. The summed E-state index contributed by atoms with van der Waals surface area (Å²) >= 11 is 0. The van der Waals surface area contributed by atoms with Gasteiger partial charge in [0.15, 0.2) is 5.96 Å². The van der Waals surface area contributed by atoms with E-state index in [1.165, 1.54) is 12.8 Å². The minimum absolute atomic E-state index is 0. The molecular weight excluding hydrogens is 427 g/mol. The number of sulfonamides is 1. The number of nitrogens with one attached hydrogen (secondary N) is 2. The maximum Gasteiger partial charge on any atom is 0.211 e. The predicted octanol–water partition coefficient (Wildman–Crippen LogP) is 2.19. The van der Waals surface area contributed by atoms with Crippen molar-refractivity contribution >= 4 is 40.0 Å². The summed E-state index contributed by atoms with van der Waals surface area (Å²) in [6.45, 7) is 7.45. The lowest BCUT2D eigenvalue weighted by atomic mass is 10.2. The number of hydrogen-bond acceptors (Lipinski definition) is 3. The highest BCUT2D eigenvalue weighted by Crippen LogP contribution is 2.01. The molecule has 0 heterocycles. The maximum absolute atomic E-state index is 11.3. The Hall–Kier alpha value is -0.350. The Balaban J connectivity index is 0. The lowest BCUT2D eigenvalue weighted by Crippen LogP contribution is -2.40. The first-order chi connectivity index (χ1) is 10.5. The first-order valence-corrected chi connectivity index (χ1v) is 9.62. The van der Waals surface area contributed by atoms with Crippen molar-refractivity contribution in [2.75, 3.05) is 39.5 Å². The van der Waals surface area contributed by atoms with Gasteiger partial charge < -0.3 is 10.2 Å². The molecule has 6 nitrogen and oxygen atoms in total. The van der Waals surface area contributed by atoms with Crippen molar-refractivity contribution in [1.82, 2.24) is 14.9 Å². The number of unbranched alkanes of at least 4 members (excludes halogenated alkanes) is 3. The van der Waals surface area contributed by atoms with E-state index in [2.05, 4.69) is 26.5 Å². The molecule has 2 N–H and O–H groups in total. The molecule has 0 aromatic heterocycles. The normalized spacial score (nSPS) is 11.7. The Morgan fingerprint density at radius 2 is 1.91 bits per heavy atom. The van der Waals surface area contributed by atoms with Gasteiger partial charge in [-0.15, -0.1) is 30.6 Å². The number of hydrogen-bond donors (Lipinski definition) is 2. The molecule has 0 fully saturated rings. The second kappa shape index (κ2) is 15.2. The molecule has 0 amide bonds. The van der Waals surface area contributed by atoms with Crippen LogP contribution in [0, 0.1) is 0 Å². The lowest BCUT2D eigenvalue weighted by molar-refractivity contribution is 0.454. The molecule has 0 spiro atoms. The van der Waals surface area contributed by atoms with Gasteiger partial charge in [-0.25, -0.2) is 13.1 Å². The average Bonchev–Trinajstić information content (AvgIpc) is 2.50. The van der Waals surface area contributed by atoms with Gasteiger partial charge in [-0.1, -0.05) is 12.5 Å². The van der Waals surface area contributed by atoms with Crippen LogP contribution in [0.5, 0.6) is 0 Å². The summed E-state index contributed by atoms with van der Waals surface area (Å²) < 4.78 is 25.1. The van der Waals surface area contributed by atoms with E-state index < -0.39 is 10.0 Å². The zero-order chi connectivity index (χ0) is 16.8. The number of halogens is 1. The van der Waals surface area contributed by atoms with Crippen molar-refractivity contribution in [3.8, 4) is 0 Å². The van der Waals surface area contributed by atoms with Crippen LogP contribution in [0.4, 0.5) is 0 Å². The van der Waals surface area contributed by atoms with Crippen molar-refractivity contribution in [2.24, 2.45) is 4.99 Å². The molecule has 0 aromatic rings. The fourth-order valence-corrected chi connectivity index (χ4v) is 2.58. The quantitative estimate of drug-likeness (QED) is 0.154. The van der Waals surface area contributed by atoms with Gasteiger partial charge in [0.25, 0.3) is 0 Å². The number of guanidine groups is 1. The van der Waals surface area contributed by atoms with E-state index in [-0.39, 0.29) is 29.7 Å². The molecule has 138 valence electrons. The van der Waals surface area contributed by atoms with E-state index >= 15 is 0 Å². The highest BCUT2D eigenvalue weighted by atomic mass is 127. The monoisotopic (exact) mass is 460 g/mol. The average molecular weight is 460 g/mol. The minimum Gasteiger partial charge on any atom is -0.356 e. The summed E-state index contributed by atoms with van der Waals surface area (Å²) in [7, 11) is 0.689. The zero-order valence-electron chi connectivity index (χ0n) is 14.7. The molecule has 0 aromatic carbocycles. The summed E-state index contributed by atoms with van der Waals surface area (Å²) in [5.74, 6) is 0.971. The van der Waals surface area contributed by atoms with Crippen LogP contribution >= 0.6 is 24.0 Å². The first-order valence-electron chi connectivity index (χ1n) is 7.96. The molecule has 0 aliphatic rings. The maximum atomic E-state index is 11.3. The zero-order valence-corrected chi connectivity index (χ0v) is 17.8. The smallest absolute Gasteiger partial charge is 0.211 e. The molecule has 0 aliphatic carbocycles. The van der Waals surface area contributed by atoms with Crippen LogP contribution in [0.3, 0.4) is 0 Å². The van der Waals surface area contributed by atoms with Crippen LogP contribution in [0.25, 0.3) is 0 Å². The third kappa shape index (κ3) is 13.8. The van der Waals surface area contributed by atoms with Crippen LogP contribution in [-0.2, 0) is 10.0 Å². The summed E-state index contributed by atoms with van der Waals surface area (Å²) in [5.41, 5.74) is 0. The van der Waals surface area contributed by atoms with Crippen molar-refractivity contribution in [2.45, 2.75) is 39.0 Å². The Kier molecular flexibility index (Phi) is 16.4. The minimum atomic E-state index is -3.09. The topological polar surface area (TPSA) is 73.8 Å². The Labute approximate surface area is 159 Å². The van der Waals surface area contributed by atoms with Gasteiger partial charge in [0.1, 0.15) is 0 Å². The molecular formula is C15H33IN4O2S. The number of aliphatic imine (C=N–C) groups is 1. The predicted molar refractivity (Wildman–Crippen MR) is 110 cm³/mol. The van der Waals surface area contributed by atoms with Gasteiger partial charge in [0.05, 0.1) is 5.75 Å². The molecule has 0 saturated heterocycles. The standard InChI is InChI=1S/C15H32N4O2S.HI/c1-5-7-8-9-10-14-19(4)15(16-3)17-12-11-13-18-22(20,21)6-2;/h5,18H,1,6-14H2,2-4H3,(H,16,17);1H.